The molecule has 0 bridgehead atoms. The monoisotopic (exact) mass is 357 g/mol. The van der Waals surface area contributed by atoms with Gasteiger partial charge >= 0.3 is 6.18 Å². The van der Waals surface area contributed by atoms with Crippen LogP contribution in [0.5, 0.6) is 0 Å². The van der Waals surface area contributed by atoms with E-state index in [4.69, 9.17) is 0 Å². The average molecular weight is 357 g/mol. The highest BCUT2D eigenvalue weighted by Gasteiger charge is 2.61. The first kappa shape index (κ1) is 17.2. The molecule has 1 aromatic carbocycles. The summed E-state index contributed by atoms with van der Waals surface area (Å²) in [4.78, 5) is 18.3. The standard InChI is InChI=1S/C16H12F5N3O/c1-8-2-3-10(24-13(25)12-5-15(12,17)18)4-11(8)9-6-22-14(23-7-9)16(19,20)21/h2-4,6-7,12H,5H2,1H3,(H,24,25)/t12-/m0/s1. The molecular formula is C16H12F5N3O. The molecule has 0 saturated heterocycles. The number of benzene rings is 1. The zero-order chi connectivity index (χ0) is 18.4. The summed E-state index contributed by atoms with van der Waals surface area (Å²) < 4.78 is 63.4. The van der Waals surface area contributed by atoms with Gasteiger partial charge in [-0.25, -0.2) is 18.7 Å². The van der Waals surface area contributed by atoms with E-state index in [0.29, 0.717) is 16.7 Å². The first-order valence-electron chi connectivity index (χ1n) is 7.27. The van der Waals surface area contributed by atoms with Crippen LogP contribution >= 0.6 is 0 Å². The van der Waals surface area contributed by atoms with Crippen LogP contribution in [0.3, 0.4) is 0 Å². The summed E-state index contributed by atoms with van der Waals surface area (Å²) in [5, 5.41) is 2.39. The molecule has 2 aromatic rings. The Morgan fingerprint density at radius 1 is 1.24 bits per heavy atom. The number of hydrogen-bond donors (Lipinski definition) is 1. The predicted molar refractivity (Wildman–Crippen MR) is 78.9 cm³/mol. The topological polar surface area (TPSA) is 54.9 Å². The van der Waals surface area contributed by atoms with Crippen molar-refractivity contribution in [2.24, 2.45) is 5.92 Å². The lowest BCUT2D eigenvalue weighted by Crippen LogP contribution is -2.17. The Kier molecular flexibility index (Phi) is 3.97. The minimum Gasteiger partial charge on any atom is -0.326 e. The van der Waals surface area contributed by atoms with Crippen LogP contribution in [0.1, 0.15) is 17.8 Å². The number of carbonyl (C=O) groups excluding carboxylic acids is 1. The summed E-state index contributed by atoms with van der Waals surface area (Å²) in [7, 11) is 0. The fourth-order valence-electron chi connectivity index (χ4n) is 2.35. The van der Waals surface area contributed by atoms with Crippen LogP contribution in [0, 0.1) is 12.8 Å². The van der Waals surface area contributed by atoms with Gasteiger partial charge in [0, 0.05) is 30.1 Å². The van der Waals surface area contributed by atoms with E-state index in [2.05, 4.69) is 15.3 Å². The lowest BCUT2D eigenvalue weighted by Gasteiger charge is -2.11. The smallest absolute Gasteiger partial charge is 0.326 e. The molecule has 9 heteroatoms. The maximum atomic E-state index is 12.9. The molecule has 1 aliphatic carbocycles. The third-order valence-electron chi connectivity index (χ3n) is 3.86. The number of aryl methyl sites for hydroxylation is 1. The minimum atomic E-state index is -4.64. The number of carbonyl (C=O) groups is 1. The van der Waals surface area contributed by atoms with Gasteiger partial charge in [0.1, 0.15) is 5.92 Å². The second-order valence-electron chi connectivity index (χ2n) is 5.83. The number of alkyl halides is 5. The maximum absolute atomic E-state index is 12.9. The third kappa shape index (κ3) is 3.59. The second kappa shape index (κ2) is 5.75. The Morgan fingerprint density at radius 3 is 2.36 bits per heavy atom. The number of anilines is 1. The van der Waals surface area contributed by atoms with Crippen molar-refractivity contribution < 1.29 is 26.7 Å². The van der Waals surface area contributed by atoms with E-state index >= 15 is 0 Å². The molecule has 3 rings (SSSR count). The number of aromatic nitrogens is 2. The fraction of sp³-hybridized carbons (Fsp3) is 0.312. The Hall–Kier alpha value is -2.58. The van der Waals surface area contributed by atoms with Gasteiger partial charge in [-0.3, -0.25) is 4.79 Å². The SMILES string of the molecule is Cc1ccc(NC(=O)[C@@H]2CC2(F)F)cc1-c1cnc(C(F)(F)F)nc1. The molecule has 0 unspecified atom stereocenters. The molecule has 25 heavy (non-hydrogen) atoms. The van der Waals surface area contributed by atoms with Crippen LogP contribution in [0.2, 0.25) is 0 Å². The largest absolute Gasteiger partial charge is 0.451 e. The lowest BCUT2D eigenvalue weighted by molar-refractivity contribution is -0.145. The van der Waals surface area contributed by atoms with Crippen molar-refractivity contribution in [2.45, 2.75) is 25.4 Å². The van der Waals surface area contributed by atoms with Gasteiger partial charge in [-0.15, -0.1) is 0 Å². The zero-order valence-corrected chi connectivity index (χ0v) is 12.9. The molecule has 1 heterocycles. The van der Waals surface area contributed by atoms with Crippen molar-refractivity contribution in [3.63, 3.8) is 0 Å². The Morgan fingerprint density at radius 2 is 1.84 bits per heavy atom. The van der Waals surface area contributed by atoms with Gasteiger partial charge in [-0.1, -0.05) is 6.07 Å². The number of nitrogens with zero attached hydrogens (tertiary/aromatic N) is 2. The number of hydrogen-bond acceptors (Lipinski definition) is 3. The Balaban J connectivity index is 1.83. The summed E-state index contributed by atoms with van der Waals surface area (Å²) in [6, 6.07) is 4.63. The molecule has 1 N–H and O–H groups in total. The number of halogens is 5. The molecule has 1 aromatic heterocycles. The molecule has 1 saturated carbocycles. The normalized spacial score (nSPS) is 18.7. The van der Waals surface area contributed by atoms with Gasteiger partial charge in [-0.2, -0.15) is 13.2 Å². The van der Waals surface area contributed by atoms with Gasteiger partial charge in [0.05, 0.1) is 0 Å². The van der Waals surface area contributed by atoms with Crippen LogP contribution in [0.4, 0.5) is 27.6 Å². The molecular weight excluding hydrogens is 345 g/mol. The highest BCUT2D eigenvalue weighted by atomic mass is 19.4. The third-order valence-corrected chi connectivity index (χ3v) is 3.86. The summed E-state index contributed by atoms with van der Waals surface area (Å²) >= 11 is 0. The summed E-state index contributed by atoms with van der Waals surface area (Å²) in [6.45, 7) is 1.72. The van der Waals surface area contributed by atoms with Gasteiger partial charge < -0.3 is 5.32 Å². The van der Waals surface area contributed by atoms with E-state index in [0.717, 1.165) is 12.4 Å². The van der Waals surface area contributed by atoms with Crippen LogP contribution in [-0.2, 0) is 11.0 Å². The van der Waals surface area contributed by atoms with Crippen LogP contribution in [0.25, 0.3) is 11.1 Å². The fourth-order valence-corrected chi connectivity index (χ4v) is 2.35. The van der Waals surface area contributed by atoms with Crippen LogP contribution in [0.15, 0.2) is 30.6 Å². The lowest BCUT2D eigenvalue weighted by atomic mass is 10.0. The van der Waals surface area contributed by atoms with Gasteiger partial charge in [-0.05, 0) is 30.2 Å². The van der Waals surface area contributed by atoms with E-state index < -0.39 is 36.2 Å². The summed E-state index contributed by atoms with van der Waals surface area (Å²) in [5.74, 6) is -6.36. The molecule has 4 nitrogen and oxygen atoms in total. The quantitative estimate of drug-likeness (QED) is 0.843. The van der Waals surface area contributed by atoms with Crippen molar-refractivity contribution in [2.75, 3.05) is 5.32 Å². The Bertz CT molecular complexity index is 818. The van der Waals surface area contributed by atoms with E-state index in [-0.39, 0.29) is 5.69 Å². The molecule has 1 fully saturated rings. The molecule has 1 amide bonds. The number of amides is 1. The van der Waals surface area contributed by atoms with E-state index in [1.807, 2.05) is 0 Å². The highest BCUT2D eigenvalue weighted by molar-refractivity contribution is 5.96. The second-order valence-corrected chi connectivity index (χ2v) is 5.83. The van der Waals surface area contributed by atoms with Gasteiger partial charge in [0.2, 0.25) is 11.7 Å². The van der Waals surface area contributed by atoms with Crippen LogP contribution in [-0.4, -0.2) is 21.8 Å². The van der Waals surface area contributed by atoms with E-state index in [1.54, 1.807) is 13.0 Å². The molecule has 0 aliphatic heterocycles. The van der Waals surface area contributed by atoms with Crippen LogP contribution < -0.4 is 5.32 Å². The van der Waals surface area contributed by atoms with Crippen molar-refractivity contribution in [1.29, 1.82) is 0 Å². The van der Waals surface area contributed by atoms with E-state index in [9.17, 15) is 26.7 Å². The first-order chi connectivity index (χ1) is 11.6. The van der Waals surface area contributed by atoms with Crippen molar-refractivity contribution >= 4 is 11.6 Å². The van der Waals surface area contributed by atoms with Crippen molar-refractivity contribution in [3.05, 3.63) is 42.0 Å². The molecule has 132 valence electrons. The molecule has 1 aliphatic rings. The predicted octanol–water partition coefficient (Wildman–Crippen LogP) is 4.06. The zero-order valence-electron chi connectivity index (χ0n) is 12.9. The molecule has 0 spiro atoms. The summed E-state index contributed by atoms with van der Waals surface area (Å²) in [6.07, 6.45) is -3.07. The highest BCUT2D eigenvalue weighted by Crippen LogP contribution is 2.49. The maximum Gasteiger partial charge on any atom is 0.451 e. The van der Waals surface area contributed by atoms with E-state index in [1.165, 1.54) is 12.1 Å². The number of nitrogens with one attached hydrogen (secondary N) is 1. The minimum absolute atomic E-state index is 0.271. The van der Waals surface area contributed by atoms with Gasteiger partial charge in [0.25, 0.3) is 5.92 Å². The molecule has 1 atom stereocenters. The van der Waals surface area contributed by atoms with Crippen molar-refractivity contribution in [3.8, 4) is 11.1 Å². The number of rotatable bonds is 3. The average Bonchev–Trinajstić information content (AvgIpc) is 3.17. The first-order valence-corrected chi connectivity index (χ1v) is 7.27. The summed E-state index contributed by atoms with van der Waals surface area (Å²) in [5.41, 5.74) is 1.79. The molecule has 0 radical (unpaired) electrons. The van der Waals surface area contributed by atoms with Crippen molar-refractivity contribution in [1.82, 2.24) is 9.97 Å². The Labute approximate surface area is 139 Å². The van der Waals surface area contributed by atoms with Gasteiger partial charge in [0.15, 0.2) is 0 Å².